The van der Waals surface area contributed by atoms with E-state index >= 15 is 0 Å². The molecule has 5 N–H and O–H groups in total. The van der Waals surface area contributed by atoms with E-state index in [1.165, 1.54) is 12.7 Å². The van der Waals surface area contributed by atoms with Gasteiger partial charge in [-0.15, -0.1) is 11.3 Å². The smallest absolute Gasteiger partial charge is 0.243 e. The lowest BCUT2D eigenvalue weighted by Crippen LogP contribution is -2.54. The number of pyridine rings is 1. The number of nitrogens with one attached hydrogen (secondary N) is 3. The molecule has 1 saturated heterocycles. The van der Waals surface area contributed by atoms with Crippen LogP contribution >= 0.6 is 11.3 Å². The highest BCUT2D eigenvalue weighted by atomic mass is 32.1. The molecule has 1 saturated carbocycles. The van der Waals surface area contributed by atoms with E-state index in [2.05, 4.69) is 66.8 Å². The number of hydrogen-bond donors (Lipinski definition) is 4. The lowest BCUT2D eigenvalue weighted by Gasteiger charge is -2.28. The summed E-state index contributed by atoms with van der Waals surface area (Å²) in [5, 5.41) is 10.00. The molecule has 1 aromatic carbocycles. The standard InChI is InChI=1S/C53H71N9O8S/c1-60(2)40-13-15-43-48(33-40)71-49-34-41(14-16-44(49)58-43)61(3)23-7-12-50(63)56-21-25-67-27-29-69-30-28-68-26-22-57-52(65)45(31-37-17-19-55-20-18-37)59-53(66)46-32-39(38-9-5-4-6-10-38)36-62(46)51(64)35-42(54)47-11-8-24-70-47/h8,11,13-20,24,33-34,38-39,42,45-46H,4-7,9-10,12,21-23,25-32,35-36,54H2,1-3H3,(H2-,56,57,59,63,65,66)/p+1/t39-,42+,45+,46+/m1/s1. The molecule has 2 fully saturated rings. The number of fused-ring (bicyclic) bond motifs is 2. The quantitative estimate of drug-likeness (QED) is 0.0343. The normalized spacial score (nSPS) is 17.0. The molecule has 0 unspecified atom stereocenters. The molecule has 18 heteroatoms. The maximum Gasteiger partial charge on any atom is 0.243 e. The van der Waals surface area contributed by atoms with Crippen LogP contribution in [0.15, 0.2) is 83.7 Å². The van der Waals surface area contributed by atoms with E-state index in [9.17, 15) is 19.2 Å². The average Bonchev–Trinajstić information content (AvgIpc) is 4.10. The summed E-state index contributed by atoms with van der Waals surface area (Å²) < 4.78 is 25.6. The van der Waals surface area contributed by atoms with Crippen molar-refractivity contribution < 1.29 is 37.8 Å². The van der Waals surface area contributed by atoms with Gasteiger partial charge in [0.2, 0.25) is 29.0 Å². The zero-order valence-electron chi connectivity index (χ0n) is 41.5. The third-order valence-electron chi connectivity index (χ3n) is 13.5. The maximum absolute atomic E-state index is 14.2. The first-order valence-electron chi connectivity index (χ1n) is 25.1. The third kappa shape index (κ3) is 15.9. The van der Waals surface area contributed by atoms with Gasteiger partial charge in [0.05, 0.1) is 72.7 Å². The minimum Gasteiger partial charge on any atom is -0.468 e. The van der Waals surface area contributed by atoms with E-state index in [1.54, 1.807) is 40.8 Å². The number of carbonyl (C=O) groups is 4. The van der Waals surface area contributed by atoms with Crippen molar-refractivity contribution in [2.45, 2.75) is 82.3 Å². The number of nitrogens with two attached hydrogens (primary N) is 1. The van der Waals surface area contributed by atoms with Crippen molar-refractivity contribution in [2.75, 3.05) is 91.9 Å². The molecule has 4 heterocycles. The highest BCUT2D eigenvalue weighted by Gasteiger charge is 2.43. The number of aromatic nitrogens is 2. The number of hydrogen-bond acceptors (Lipinski definition) is 13. The average molecular weight is 995 g/mol. The summed E-state index contributed by atoms with van der Waals surface area (Å²) in [7, 11) is 6.12. The fourth-order valence-corrected chi connectivity index (χ4v) is 10.5. The Labute approximate surface area is 420 Å². The minimum absolute atomic E-state index is 0.0101. The van der Waals surface area contributed by atoms with Crippen LogP contribution < -0.4 is 36.5 Å². The van der Waals surface area contributed by atoms with E-state index in [0.29, 0.717) is 70.6 Å². The Kier molecular flexibility index (Phi) is 20.3. The second-order valence-electron chi connectivity index (χ2n) is 18.8. The number of ether oxygens (including phenoxy) is 3. The first kappa shape index (κ1) is 53.0. The number of carbonyl (C=O) groups excluding carboxylic acids is 4. The van der Waals surface area contributed by atoms with E-state index in [1.807, 2.05) is 33.3 Å². The van der Waals surface area contributed by atoms with Crippen LogP contribution in [0.1, 0.15) is 75.2 Å². The van der Waals surface area contributed by atoms with Gasteiger partial charge < -0.3 is 50.1 Å². The van der Waals surface area contributed by atoms with Crippen molar-refractivity contribution in [2.24, 2.45) is 17.6 Å². The Morgan fingerprint density at radius 2 is 1.63 bits per heavy atom. The van der Waals surface area contributed by atoms with Crippen molar-refractivity contribution in [3.8, 4) is 10.6 Å². The Morgan fingerprint density at radius 1 is 0.901 bits per heavy atom. The van der Waals surface area contributed by atoms with Crippen LogP contribution in [0.5, 0.6) is 0 Å². The largest absolute Gasteiger partial charge is 0.468 e. The molecule has 7 rings (SSSR count). The summed E-state index contributed by atoms with van der Waals surface area (Å²) >= 11 is 1.74. The number of likely N-dealkylation sites (tertiary alicyclic amines) is 1. The highest BCUT2D eigenvalue weighted by Crippen LogP contribution is 2.38. The van der Waals surface area contributed by atoms with Gasteiger partial charge in [0.1, 0.15) is 31.9 Å². The van der Waals surface area contributed by atoms with Gasteiger partial charge in [-0.05, 0) is 78.8 Å². The monoisotopic (exact) mass is 995 g/mol. The molecule has 4 aliphatic rings. The van der Waals surface area contributed by atoms with Crippen LogP contribution in [0.25, 0.3) is 20.8 Å². The van der Waals surface area contributed by atoms with Crippen molar-refractivity contribution in [1.82, 2.24) is 35.4 Å². The van der Waals surface area contributed by atoms with Gasteiger partial charge in [0.15, 0.2) is 0 Å². The van der Waals surface area contributed by atoms with Crippen molar-refractivity contribution in [1.29, 1.82) is 0 Å². The SMILES string of the molecule is CN(CCCC(=O)NCCOCCOCCOCCNC(=O)[C@H](Cc1ccncc1)NC(=O)[C@@H]1C[C@@H](C2CCCCC2)CN1C(=O)C[C@H](N)c1ccco1)c1ccc2nc3ccc(=[N+](C)C)cc-3sc2c1. The molecule has 4 amide bonds. The number of rotatable bonds is 26. The van der Waals surface area contributed by atoms with Gasteiger partial charge in [-0.3, -0.25) is 24.2 Å². The fourth-order valence-electron chi connectivity index (χ4n) is 9.47. The molecule has 0 radical (unpaired) electrons. The van der Waals surface area contributed by atoms with Gasteiger partial charge in [0.25, 0.3) is 0 Å². The Balaban J connectivity index is 0.754. The van der Waals surface area contributed by atoms with Crippen LogP contribution in [-0.2, 0) is 39.8 Å². The Morgan fingerprint density at radius 3 is 2.35 bits per heavy atom. The van der Waals surface area contributed by atoms with Gasteiger partial charge >= 0.3 is 0 Å². The molecule has 382 valence electrons. The van der Waals surface area contributed by atoms with E-state index in [0.717, 1.165) is 76.0 Å². The summed E-state index contributed by atoms with van der Waals surface area (Å²) in [5.41, 5.74) is 10.2. The highest BCUT2D eigenvalue weighted by molar-refractivity contribution is 7.21. The van der Waals surface area contributed by atoms with Crippen molar-refractivity contribution in [3.63, 3.8) is 0 Å². The Bertz CT molecular complexity index is 2510. The van der Waals surface area contributed by atoms with Crippen LogP contribution in [-0.4, -0.2) is 138 Å². The van der Waals surface area contributed by atoms with Crippen LogP contribution in [0.2, 0.25) is 0 Å². The first-order chi connectivity index (χ1) is 34.5. The molecule has 71 heavy (non-hydrogen) atoms. The number of furan rings is 1. The summed E-state index contributed by atoms with van der Waals surface area (Å²) in [5.74, 6) is 0.266. The van der Waals surface area contributed by atoms with Crippen molar-refractivity contribution in [3.05, 3.63) is 96.0 Å². The minimum atomic E-state index is -0.884. The van der Waals surface area contributed by atoms with Gasteiger partial charge in [-0.1, -0.05) is 32.1 Å². The topological polar surface area (TPSA) is 206 Å². The van der Waals surface area contributed by atoms with Gasteiger partial charge in [-0.2, -0.15) is 0 Å². The number of anilines is 1. The third-order valence-corrected chi connectivity index (χ3v) is 14.6. The molecule has 17 nitrogen and oxygen atoms in total. The molecule has 0 bridgehead atoms. The van der Waals surface area contributed by atoms with E-state index < -0.39 is 18.1 Å². The number of benzene rings is 2. The molecule has 4 atom stereocenters. The van der Waals surface area contributed by atoms with E-state index in [-0.39, 0.29) is 55.5 Å². The van der Waals surface area contributed by atoms with Gasteiger partial charge in [0, 0.05) is 82.7 Å². The lowest BCUT2D eigenvalue weighted by molar-refractivity contribution is -0.139. The van der Waals surface area contributed by atoms with Crippen LogP contribution in [0.3, 0.4) is 0 Å². The maximum atomic E-state index is 14.2. The second-order valence-corrected chi connectivity index (χ2v) is 19.9. The molecule has 3 aromatic rings. The zero-order chi connectivity index (χ0) is 50.0. The number of amides is 4. The first-order valence-corrected chi connectivity index (χ1v) is 26.0. The second kappa shape index (κ2) is 27.1. The fraction of sp³-hybridized carbons (Fsp3) is 0.528. The van der Waals surface area contributed by atoms with Crippen LogP contribution in [0.4, 0.5) is 5.69 Å². The summed E-state index contributed by atoms with van der Waals surface area (Å²) in [6.45, 7) is 3.93. The summed E-state index contributed by atoms with van der Waals surface area (Å²) in [4.78, 5) is 68.0. The summed E-state index contributed by atoms with van der Waals surface area (Å²) in [6.07, 6.45) is 12.5. The predicted molar refractivity (Wildman–Crippen MR) is 275 cm³/mol. The Hall–Kier alpha value is -5.79. The van der Waals surface area contributed by atoms with Gasteiger partial charge in [-0.25, -0.2) is 9.56 Å². The van der Waals surface area contributed by atoms with Crippen molar-refractivity contribution >= 4 is 50.9 Å². The van der Waals surface area contributed by atoms with E-state index in [4.69, 9.17) is 29.3 Å². The molecule has 2 aliphatic heterocycles. The molecule has 2 aromatic heterocycles. The molecular weight excluding hydrogens is 923 g/mol. The molecular formula is C53H72N9O8S+. The molecule has 2 aliphatic carbocycles. The lowest BCUT2D eigenvalue weighted by atomic mass is 9.79. The zero-order valence-corrected chi connectivity index (χ0v) is 42.3. The number of nitrogens with zero attached hydrogens (tertiary/aromatic N) is 5. The predicted octanol–water partition coefficient (Wildman–Crippen LogP) is 4.53. The van der Waals surface area contributed by atoms with Crippen LogP contribution in [0, 0.1) is 11.8 Å². The molecule has 0 spiro atoms. The summed E-state index contributed by atoms with van der Waals surface area (Å²) in [6, 6.07) is 17.5.